The zero-order chi connectivity index (χ0) is 19.7. The molecular formula is C19H17F2N5O2. The number of benzene rings is 2. The second-order valence-corrected chi connectivity index (χ2v) is 6.22. The summed E-state index contributed by atoms with van der Waals surface area (Å²) in [5, 5.41) is 14.9. The highest BCUT2D eigenvalue weighted by Gasteiger charge is 2.29. The van der Waals surface area contributed by atoms with Gasteiger partial charge in [0.15, 0.2) is 11.5 Å². The first-order chi connectivity index (χ1) is 13.6. The molecule has 0 amide bonds. The average molecular weight is 385 g/mol. The Bertz CT molecular complexity index is 1020. The molecule has 28 heavy (non-hydrogen) atoms. The van der Waals surface area contributed by atoms with Gasteiger partial charge in [-0.25, -0.2) is 0 Å². The van der Waals surface area contributed by atoms with E-state index in [-0.39, 0.29) is 11.5 Å². The third-order valence-electron chi connectivity index (χ3n) is 4.44. The van der Waals surface area contributed by atoms with Crippen LogP contribution in [0.25, 0.3) is 5.70 Å². The smallest absolute Gasteiger partial charge is 0.387 e. The maximum absolute atomic E-state index is 13.0. The second-order valence-electron chi connectivity index (χ2n) is 6.22. The molecule has 0 unspecified atom stereocenters. The number of hydrogen-bond donors (Lipinski definition) is 1. The van der Waals surface area contributed by atoms with Gasteiger partial charge in [0.2, 0.25) is 5.95 Å². The summed E-state index contributed by atoms with van der Waals surface area (Å²) in [7, 11) is 1.40. The van der Waals surface area contributed by atoms with E-state index in [4.69, 9.17) is 9.47 Å². The van der Waals surface area contributed by atoms with Crippen LogP contribution in [0.3, 0.4) is 0 Å². The summed E-state index contributed by atoms with van der Waals surface area (Å²) in [5.74, 6) is 0.554. The summed E-state index contributed by atoms with van der Waals surface area (Å²) in [6.45, 7) is -0.995. The number of alkyl halides is 2. The van der Waals surface area contributed by atoms with Crippen molar-refractivity contribution in [3.63, 3.8) is 0 Å². The number of methoxy groups -OCH3 is 1. The molecule has 2 aromatic carbocycles. The molecule has 7 nitrogen and oxygen atoms in total. The molecule has 2 heterocycles. The number of hydrogen-bond acceptors (Lipinski definition) is 6. The first-order valence-electron chi connectivity index (χ1n) is 8.52. The van der Waals surface area contributed by atoms with E-state index in [1.54, 1.807) is 18.2 Å². The van der Waals surface area contributed by atoms with Crippen molar-refractivity contribution in [2.24, 2.45) is 0 Å². The van der Waals surface area contributed by atoms with E-state index < -0.39 is 12.7 Å². The van der Waals surface area contributed by atoms with Gasteiger partial charge in [-0.05, 0) is 35.1 Å². The minimum absolute atomic E-state index is 0.0483. The maximum Gasteiger partial charge on any atom is 0.387 e. The highest BCUT2D eigenvalue weighted by Crippen LogP contribution is 2.41. The molecule has 3 aromatic rings. The molecule has 1 aliphatic rings. The summed E-state index contributed by atoms with van der Waals surface area (Å²) >= 11 is 0. The maximum atomic E-state index is 13.0. The third kappa shape index (κ3) is 3.26. The van der Waals surface area contributed by atoms with Gasteiger partial charge in [-0.2, -0.15) is 13.5 Å². The van der Waals surface area contributed by atoms with Crippen molar-refractivity contribution in [2.45, 2.75) is 19.6 Å². The molecule has 1 N–H and O–H groups in total. The number of halogens is 2. The lowest BCUT2D eigenvalue weighted by Crippen LogP contribution is -2.21. The van der Waals surface area contributed by atoms with Gasteiger partial charge in [-0.1, -0.05) is 47.1 Å². The topological polar surface area (TPSA) is 74.1 Å². The van der Waals surface area contributed by atoms with Crippen molar-refractivity contribution < 1.29 is 18.3 Å². The Labute approximate surface area is 159 Å². The zero-order valence-corrected chi connectivity index (χ0v) is 15.1. The van der Waals surface area contributed by atoms with Crippen molar-refractivity contribution in [1.29, 1.82) is 0 Å². The molecule has 0 radical (unpaired) electrons. The molecule has 1 aliphatic heterocycles. The molecule has 0 fully saturated rings. The lowest BCUT2D eigenvalue weighted by molar-refractivity contribution is -0.0520. The Hall–Kier alpha value is -3.49. The third-order valence-corrected chi connectivity index (χ3v) is 4.44. The number of fused-ring (bicyclic) bond motifs is 1. The number of para-hydroxylation sites is 1. The number of ether oxygens (including phenoxy) is 2. The highest BCUT2D eigenvalue weighted by molar-refractivity contribution is 5.77. The molecular weight excluding hydrogens is 368 g/mol. The first kappa shape index (κ1) is 17.9. The second kappa shape index (κ2) is 7.26. The predicted octanol–water partition coefficient (Wildman–Crippen LogP) is 3.65. The molecule has 4 rings (SSSR count). The van der Waals surface area contributed by atoms with Crippen LogP contribution in [0.1, 0.15) is 22.7 Å². The number of nitrogens with one attached hydrogen (secondary N) is 1. The minimum Gasteiger partial charge on any atom is -0.493 e. The van der Waals surface area contributed by atoms with Crippen molar-refractivity contribution in [2.75, 3.05) is 12.4 Å². The van der Waals surface area contributed by atoms with Gasteiger partial charge in [0.25, 0.3) is 0 Å². The monoisotopic (exact) mass is 385 g/mol. The number of allylic oxidation sites excluding steroid dienone is 1. The van der Waals surface area contributed by atoms with Crippen molar-refractivity contribution in [3.8, 4) is 11.5 Å². The summed E-state index contributed by atoms with van der Waals surface area (Å²) in [6.07, 6.45) is 1.86. The Morgan fingerprint density at radius 1 is 1.14 bits per heavy atom. The number of rotatable bonds is 5. The van der Waals surface area contributed by atoms with E-state index in [0.717, 1.165) is 16.8 Å². The molecule has 0 bridgehead atoms. The number of tetrazole rings is 1. The Morgan fingerprint density at radius 3 is 2.64 bits per heavy atom. The average Bonchev–Trinajstić information content (AvgIpc) is 3.16. The van der Waals surface area contributed by atoms with E-state index in [1.807, 2.05) is 37.3 Å². The van der Waals surface area contributed by atoms with Gasteiger partial charge in [0, 0.05) is 11.3 Å². The van der Waals surface area contributed by atoms with Crippen LogP contribution in [0.5, 0.6) is 11.5 Å². The molecule has 9 heteroatoms. The zero-order valence-electron chi connectivity index (χ0n) is 15.1. The molecule has 0 saturated heterocycles. The molecule has 0 aliphatic carbocycles. The van der Waals surface area contributed by atoms with E-state index in [2.05, 4.69) is 20.8 Å². The number of nitrogens with zero attached hydrogens (tertiary/aromatic N) is 4. The Morgan fingerprint density at radius 2 is 1.93 bits per heavy atom. The number of anilines is 1. The predicted molar refractivity (Wildman–Crippen MR) is 98.4 cm³/mol. The van der Waals surface area contributed by atoms with E-state index in [1.165, 1.54) is 11.8 Å². The van der Waals surface area contributed by atoms with Gasteiger partial charge in [-0.3, -0.25) is 0 Å². The van der Waals surface area contributed by atoms with Crippen LogP contribution in [0.15, 0.2) is 48.5 Å². The molecule has 0 spiro atoms. The fourth-order valence-electron chi connectivity index (χ4n) is 3.12. The SMILES string of the molecule is COc1cccc([C@@H]2C=C(c3ccc(C)cc3)Nc3nnnn32)c1OC(F)F. The fourth-order valence-corrected chi connectivity index (χ4v) is 3.12. The standard InChI is InChI=1S/C19H17F2N5O2/c1-11-6-8-12(9-7-11)14-10-15(26-19(22-14)23-24-25-26)13-4-3-5-16(27-2)17(13)28-18(20)21/h3-10,15,18H,1-2H3,(H,22,23,25)/t15-/m0/s1. The summed E-state index contributed by atoms with van der Waals surface area (Å²) < 4.78 is 37.6. The van der Waals surface area contributed by atoms with Crippen LogP contribution in [-0.4, -0.2) is 33.9 Å². The van der Waals surface area contributed by atoms with E-state index in [0.29, 0.717) is 11.5 Å². The Kier molecular flexibility index (Phi) is 4.64. The van der Waals surface area contributed by atoms with Crippen LogP contribution in [0.4, 0.5) is 14.7 Å². The summed E-state index contributed by atoms with van der Waals surface area (Å²) in [5.41, 5.74) is 3.27. The minimum atomic E-state index is -2.99. The van der Waals surface area contributed by atoms with Crippen molar-refractivity contribution in [3.05, 3.63) is 65.2 Å². The normalized spacial score (nSPS) is 15.6. The van der Waals surface area contributed by atoms with Crippen LogP contribution < -0.4 is 14.8 Å². The van der Waals surface area contributed by atoms with E-state index >= 15 is 0 Å². The lowest BCUT2D eigenvalue weighted by Gasteiger charge is -2.25. The van der Waals surface area contributed by atoms with Crippen LogP contribution in [0, 0.1) is 6.92 Å². The quantitative estimate of drug-likeness (QED) is 0.723. The fraction of sp³-hybridized carbons (Fsp3) is 0.211. The Balaban J connectivity index is 1.85. The number of aromatic nitrogens is 4. The van der Waals surface area contributed by atoms with E-state index in [9.17, 15) is 8.78 Å². The molecule has 0 saturated carbocycles. The number of aryl methyl sites for hydroxylation is 1. The lowest BCUT2D eigenvalue weighted by atomic mass is 10.00. The van der Waals surface area contributed by atoms with Gasteiger partial charge in [0.1, 0.15) is 6.04 Å². The van der Waals surface area contributed by atoms with Gasteiger partial charge < -0.3 is 14.8 Å². The van der Waals surface area contributed by atoms with Crippen molar-refractivity contribution in [1.82, 2.24) is 20.2 Å². The molecule has 1 atom stereocenters. The highest BCUT2D eigenvalue weighted by atomic mass is 19.3. The van der Waals surface area contributed by atoms with Crippen LogP contribution in [-0.2, 0) is 0 Å². The first-order valence-corrected chi connectivity index (χ1v) is 8.52. The molecule has 1 aromatic heterocycles. The van der Waals surface area contributed by atoms with Crippen LogP contribution in [0.2, 0.25) is 0 Å². The van der Waals surface area contributed by atoms with Gasteiger partial charge in [-0.15, -0.1) is 0 Å². The van der Waals surface area contributed by atoms with Gasteiger partial charge >= 0.3 is 6.61 Å². The summed E-state index contributed by atoms with van der Waals surface area (Å²) in [6, 6.07) is 12.3. The largest absolute Gasteiger partial charge is 0.493 e. The van der Waals surface area contributed by atoms with Gasteiger partial charge in [0.05, 0.1) is 7.11 Å². The summed E-state index contributed by atoms with van der Waals surface area (Å²) in [4.78, 5) is 0. The molecule has 144 valence electrons. The van der Waals surface area contributed by atoms with Crippen LogP contribution >= 0.6 is 0 Å². The van der Waals surface area contributed by atoms with Crippen molar-refractivity contribution >= 4 is 11.6 Å².